The van der Waals surface area contributed by atoms with Crippen LogP contribution in [0, 0.1) is 5.82 Å². The predicted molar refractivity (Wildman–Crippen MR) is 48.1 cm³/mol. The Morgan fingerprint density at radius 2 is 1.94 bits per heavy atom. The molecule has 0 bridgehead atoms. The van der Waals surface area contributed by atoms with Crippen LogP contribution in [0.2, 0.25) is 5.02 Å². The summed E-state index contributed by atoms with van der Waals surface area (Å²) >= 11 is 5.43. The molecular weight excluding hydrogens is 252 g/mol. The minimum atomic E-state index is -4.95. The fourth-order valence-corrected chi connectivity index (χ4v) is 1.38. The Labute approximate surface area is 92.8 Å². The van der Waals surface area contributed by atoms with Crippen molar-refractivity contribution in [2.45, 2.75) is 13.3 Å². The monoisotopic (exact) mass is 256 g/mol. The van der Waals surface area contributed by atoms with E-state index >= 15 is 0 Å². The van der Waals surface area contributed by atoms with Crippen molar-refractivity contribution in [3.05, 3.63) is 28.5 Å². The van der Waals surface area contributed by atoms with Gasteiger partial charge >= 0.3 is 6.36 Å². The van der Waals surface area contributed by atoms with E-state index in [2.05, 4.69) is 4.74 Å². The van der Waals surface area contributed by atoms with Crippen LogP contribution in [0.4, 0.5) is 17.6 Å². The van der Waals surface area contributed by atoms with E-state index in [1.807, 2.05) is 0 Å². The Bertz CT molecular complexity index is 428. The average Bonchev–Trinajstić information content (AvgIpc) is 2.07. The molecule has 0 saturated carbocycles. The number of ketones is 1. The second-order valence-corrected chi connectivity index (χ2v) is 3.22. The summed E-state index contributed by atoms with van der Waals surface area (Å²) in [5.74, 6) is -2.58. The van der Waals surface area contributed by atoms with Crippen LogP contribution in [-0.4, -0.2) is 12.1 Å². The van der Waals surface area contributed by atoms with Crippen LogP contribution in [0.15, 0.2) is 12.1 Å². The third-order valence-electron chi connectivity index (χ3n) is 1.63. The minimum absolute atomic E-state index is 0.622. The van der Waals surface area contributed by atoms with Gasteiger partial charge in [-0.15, -0.1) is 13.2 Å². The van der Waals surface area contributed by atoms with E-state index in [9.17, 15) is 22.4 Å². The molecule has 1 aromatic carbocycles. The Balaban J connectivity index is 3.24. The van der Waals surface area contributed by atoms with Gasteiger partial charge in [0.2, 0.25) is 0 Å². The first-order chi connectivity index (χ1) is 7.22. The number of hydrogen-bond acceptors (Lipinski definition) is 2. The molecule has 0 N–H and O–H groups in total. The fraction of sp³-hybridized carbons (Fsp3) is 0.222. The predicted octanol–water partition coefficient (Wildman–Crippen LogP) is 3.58. The van der Waals surface area contributed by atoms with Gasteiger partial charge in [0, 0.05) is 0 Å². The molecule has 0 spiro atoms. The van der Waals surface area contributed by atoms with Crippen LogP contribution in [0.3, 0.4) is 0 Å². The van der Waals surface area contributed by atoms with Gasteiger partial charge in [0.15, 0.2) is 5.78 Å². The van der Waals surface area contributed by atoms with Crippen LogP contribution in [0.1, 0.15) is 17.3 Å². The summed E-state index contributed by atoms with van der Waals surface area (Å²) in [5.41, 5.74) is -0.622. The van der Waals surface area contributed by atoms with Gasteiger partial charge in [0.1, 0.15) is 11.6 Å². The number of alkyl halides is 3. The molecule has 0 unspecified atom stereocenters. The molecule has 0 radical (unpaired) electrons. The zero-order chi connectivity index (χ0) is 12.5. The molecule has 0 fully saturated rings. The van der Waals surface area contributed by atoms with E-state index in [4.69, 9.17) is 11.6 Å². The minimum Gasteiger partial charge on any atom is -0.404 e. The first-order valence-electron chi connectivity index (χ1n) is 3.97. The van der Waals surface area contributed by atoms with Gasteiger partial charge in [-0.3, -0.25) is 4.79 Å². The van der Waals surface area contributed by atoms with Gasteiger partial charge in [0.25, 0.3) is 0 Å². The Morgan fingerprint density at radius 1 is 1.38 bits per heavy atom. The van der Waals surface area contributed by atoms with Crippen molar-refractivity contribution in [3.8, 4) is 5.75 Å². The second kappa shape index (κ2) is 4.29. The summed E-state index contributed by atoms with van der Waals surface area (Å²) < 4.78 is 52.3. The van der Waals surface area contributed by atoms with Crippen LogP contribution in [0.5, 0.6) is 5.75 Å². The summed E-state index contributed by atoms with van der Waals surface area (Å²) in [6, 6.07) is 1.39. The fourth-order valence-electron chi connectivity index (χ4n) is 1.06. The highest BCUT2D eigenvalue weighted by molar-refractivity contribution is 6.35. The molecule has 0 aliphatic heterocycles. The molecule has 2 nitrogen and oxygen atoms in total. The van der Waals surface area contributed by atoms with E-state index in [1.54, 1.807) is 0 Å². The Hall–Kier alpha value is -1.30. The third kappa shape index (κ3) is 2.85. The summed E-state index contributed by atoms with van der Waals surface area (Å²) in [6.45, 7) is 0.988. The molecule has 0 atom stereocenters. The maximum absolute atomic E-state index is 13.1. The van der Waals surface area contributed by atoms with Gasteiger partial charge in [-0.05, 0) is 19.1 Å². The van der Waals surface area contributed by atoms with Crippen LogP contribution < -0.4 is 4.74 Å². The van der Waals surface area contributed by atoms with Gasteiger partial charge in [-0.2, -0.15) is 0 Å². The summed E-state index contributed by atoms with van der Waals surface area (Å²) in [4.78, 5) is 10.9. The molecule has 16 heavy (non-hydrogen) atoms. The molecule has 88 valence electrons. The van der Waals surface area contributed by atoms with Crippen molar-refractivity contribution in [1.82, 2.24) is 0 Å². The molecule has 0 heterocycles. The van der Waals surface area contributed by atoms with E-state index in [0.717, 1.165) is 6.92 Å². The topological polar surface area (TPSA) is 26.3 Å². The Kier molecular flexibility index (Phi) is 3.42. The molecule has 7 heteroatoms. The van der Waals surface area contributed by atoms with Crippen LogP contribution in [0.25, 0.3) is 0 Å². The molecule has 0 aromatic heterocycles. The number of Topliss-reactive ketones (excluding diaryl/α,β-unsaturated/α-hetero) is 1. The molecule has 1 rings (SSSR count). The van der Waals surface area contributed by atoms with Gasteiger partial charge in [0.05, 0.1) is 10.6 Å². The summed E-state index contributed by atoms with van der Waals surface area (Å²) in [7, 11) is 0. The Morgan fingerprint density at radius 3 is 2.38 bits per heavy atom. The highest BCUT2D eigenvalue weighted by Gasteiger charge is 2.33. The highest BCUT2D eigenvalue weighted by atomic mass is 35.5. The zero-order valence-corrected chi connectivity index (χ0v) is 8.62. The van der Waals surface area contributed by atoms with E-state index in [1.165, 1.54) is 0 Å². The lowest BCUT2D eigenvalue weighted by atomic mass is 10.1. The lowest BCUT2D eigenvalue weighted by Crippen LogP contribution is -2.18. The van der Waals surface area contributed by atoms with Crippen molar-refractivity contribution >= 4 is 17.4 Å². The third-order valence-corrected chi connectivity index (χ3v) is 2.01. The number of hydrogen-bond donors (Lipinski definition) is 0. The van der Waals surface area contributed by atoms with Crippen LogP contribution >= 0.6 is 11.6 Å². The largest absolute Gasteiger partial charge is 0.573 e. The number of benzene rings is 1. The van der Waals surface area contributed by atoms with Crippen molar-refractivity contribution in [2.24, 2.45) is 0 Å². The average molecular weight is 257 g/mol. The molecule has 0 saturated heterocycles. The van der Waals surface area contributed by atoms with Crippen molar-refractivity contribution < 1.29 is 27.1 Å². The standard InChI is InChI=1S/C9H5ClF4O2/c1-4(15)7-5(11)2-3-6(8(7)10)16-9(12,13)14/h2-3H,1H3. The number of ether oxygens (including phenoxy) is 1. The van der Waals surface area contributed by atoms with Gasteiger partial charge in [-0.25, -0.2) is 4.39 Å². The molecular formula is C9H5ClF4O2. The maximum atomic E-state index is 13.1. The van der Waals surface area contributed by atoms with E-state index in [0.29, 0.717) is 12.1 Å². The molecule has 0 aliphatic rings. The SMILES string of the molecule is CC(=O)c1c(F)ccc(OC(F)(F)F)c1Cl. The molecule has 1 aromatic rings. The van der Waals surface area contributed by atoms with Crippen molar-refractivity contribution in [3.63, 3.8) is 0 Å². The quantitative estimate of drug-likeness (QED) is 0.597. The maximum Gasteiger partial charge on any atom is 0.573 e. The molecule has 0 aliphatic carbocycles. The van der Waals surface area contributed by atoms with Gasteiger partial charge in [-0.1, -0.05) is 11.6 Å². The number of rotatable bonds is 2. The normalized spacial score (nSPS) is 11.4. The summed E-state index contributed by atoms with van der Waals surface area (Å²) in [6.07, 6.45) is -4.95. The van der Waals surface area contributed by atoms with Crippen molar-refractivity contribution in [1.29, 1.82) is 0 Å². The van der Waals surface area contributed by atoms with Crippen LogP contribution in [-0.2, 0) is 0 Å². The summed E-state index contributed by atoms with van der Waals surface area (Å²) in [5, 5.41) is -0.690. The van der Waals surface area contributed by atoms with E-state index < -0.39 is 34.3 Å². The van der Waals surface area contributed by atoms with Gasteiger partial charge < -0.3 is 4.74 Å². The number of carbonyl (C=O) groups is 1. The lowest BCUT2D eigenvalue weighted by molar-refractivity contribution is -0.274. The zero-order valence-electron chi connectivity index (χ0n) is 7.86. The highest BCUT2D eigenvalue weighted by Crippen LogP contribution is 2.34. The second-order valence-electron chi connectivity index (χ2n) is 2.84. The lowest BCUT2D eigenvalue weighted by Gasteiger charge is -2.12. The first-order valence-corrected chi connectivity index (χ1v) is 4.35. The first kappa shape index (κ1) is 12.8. The number of carbonyl (C=O) groups excluding carboxylic acids is 1. The van der Waals surface area contributed by atoms with Crippen molar-refractivity contribution in [2.75, 3.05) is 0 Å². The number of halogens is 5. The smallest absolute Gasteiger partial charge is 0.404 e. The van der Waals surface area contributed by atoms with E-state index in [-0.39, 0.29) is 0 Å². The molecule has 0 amide bonds.